The van der Waals surface area contributed by atoms with E-state index in [9.17, 15) is 15.2 Å². The Hall–Kier alpha value is -2.06. The monoisotopic (exact) mass is 288 g/mol. The molecule has 0 bridgehead atoms. The molecule has 1 aromatic rings. The maximum atomic E-state index is 12.2. The molecule has 0 aliphatic heterocycles. The first-order chi connectivity index (χ1) is 10.1. The molecule has 0 heterocycles. The predicted molar refractivity (Wildman–Crippen MR) is 77.5 cm³/mol. The lowest BCUT2D eigenvalue weighted by Gasteiger charge is -2.20. The summed E-state index contributed by atoms with van der Waals surface area (Å²) in [5, 5.41) is 22.0. The van der Waals surface area contributed by atoms with Crippen molar-refractivity contribution in [1.29, 1.82) is 5.26 Å². The zero-order valence-corrected chi connectivity index (χ0v) is 12.1. The minimum atomic E-state index is -0.903. The Bertz CT molecular complexity index is 527. The molecule has 1 amide bonds. The van der Waals surface area contributed by atoms with Gasteiger partial charge in [0.25, 0.3) is 0 Å². The maximum absolute atomic E-state index is 12.2. The van der Waals surface area contributed by atoms with Gasteiger partial charge in [0.2, 0.25) is 5.91 Å². The van der Waals surface area contributed by atoms with E-state index in [0.717, 1.165) is 12.8 Å². The van der Waals surface area contributed by atoms with Gasteiger partial charge in [-0.05, 0) is 30.5 Å². The third-order valence-electron chi connectivity index (χ3n) is 4.06. The van der Waals surface area contributed by atoms with Crippen LogP contribution in [0.2, 0.25) is 0 Å². The first-order valence-corrected chi connectivity index (χ1v) is 7.13. The Labute approximate surface area is 124 Å². The number of carbonyl (C=O) groups excluding carboxylic acids is 1. The number of hydrogen-bond donors (Lipinski definition) is 2. The van der Waals surface area contributed by atoms with Crippen molar-refractivity contribution < 1.29 is 14.6 Å². The first-order valence-electron chi connectivity index (χ1n) is 7.13. The van der Waals surface area contributed by atoms with Gasteiger partial charge in [0.05, 0.1) is 19.3 Å². The van der Waals surface area contributed by atoms with Gasteiger partial charge in [0.15, 0.2) is 0 Å². The summed E-state index contributed by atoms with van der Waals surface area (Å²) < 4.78 is 5.05. The van der Waals surface area contributed by atoms with Gasteiger partial charge in [-0.3, -0.25) is 4.79 Å². The summed E-state index contributed by atoms with van der Waals surface area (Å²) in [4.78, 5) is 12.2. The number of nitrogens with one attached hydrogen (secondary N) is 1. The lowest BCUT2D eigenvalue weighted by molar-refractivity contribution is -0.128. The molecule has 0 spiro atoms. The Morgan fingerprint density at radius 2 is 2.05 bits per heavy atom. The average molecular weight is 288 g/mol. The fourth-order valence-corrected chi connectivity index (χ4v) is 2.67. The standard InChI is InChI=1S/C16H20N2O3/c1-21-13-6-4-12(5-7-13)14(19)10-18-15(20)16(11-17)8-2-3-9-16/h4-7,14,19H,2-3,8-10H2,1H3,(H,18,20). The van der Waals surface area contributed by atoms with Crippen LogP contribution in [-0.2, 0) is 4.79 Å². The highest BCUT2D eigenvalue weighted by Gasteiger charge is 2.41. The van der Waals surface area contributed by atoms with Gasteiger partial charge in [0.1, 0.15) is 11.2 Å². The van der Waals surface area contributed by atoms with E-state index in [4.69, 9.17) is 4.74 Å². The molecule has 1 aromatic carbocycles. The fraction of sp³-hybridized carbons (Fsp3) is 0.500. The van der Waals surface area contributed by atoms with Crippen LogP contribution in [0.15, 0.2) is 24.3 Å². The summed E-state index contributed by atoms with van der Waals surface area (Å²) in [7, 11) is 1.58. The van der Waals surface area contributed by atoms with Crippen LogP contribution in [0, 0.1) is 16.7 Å². The first kappa shape index (κ1) is 15.3. The molecule has 112 valence electrons. The zero-order valence-electron chi connectivity index (χ0n) is 12.1. The highest BCUT2D eigenvalue weighted by atomic mass is 16.5. The smallest absolute Gasteiger partial charge is 0.240 e. The van der Waals surface area contributed by atoms with Crippen molar-refractivity contribution in [3.63, 3.8) is 0 Å². The lowest BCUT2D eigenvalue weighted by atomic mass is 9.87. The topological polar surface area (TPSA) is 82.3 Å². The highest BCUT2D eigenvalue weighted by molar-refractivity contribution is 5.85. The predicted octanol–water partition coefficient (Wildman–Crippen LogP) is 1.93. The van der Waals surface area contributed by atoms with E-state index in [1.165, 1.54) is 0 Å². The van der Waals surface area contributed by atoms with Gasteiger partial charge in [-0.25, -0.2) is 0 Å². The van der Waals surface area contributed by atoms with Crippen molar-refractivity contribution >= 4 is 5.91 Å². The van der Waals surface area contributed by atoms with Gasteiger partial charge < -0.3 is 15.2 Å². The van der Waals surface area contributed by atoms with E-state index < -0.39 is 11.5 Å². The molecule has 1 fully saturated rings. The number of amides is 1. The number of benzene rings is 1. The second-order valence-electron chi connectivity index (χ2n) is 5.40. The van der Waals surface area contributed by atoms with E-state index in [1.54, 1.807) is 31.4 Å². The van der Waals surface area contributed by atoms with Crippen LogP contribution in [-0.4, -0.2) is 24.7 Å². The molecule has 21 heavy (non-hydrogen) atoms. The highest BCUT2D eigenvalue weighted by Crippen LogP contribution is 2.37. The van der Waals surface area contributed by atoms with Gasteiger partial charge in [-0.15, -0.1) is 0 Å². The molecule has 5 heteroatoms. The Morgan fingerprint density at radius 1 is 1.43 bits per heavy atom. The molecular formula is C16H20N2O3. The minimum Gasteiger partial charge on any atom is -0.497 e. The van der Waals surface area contributed by atoms with Crippen LogP contribution in [0.25, 0.3) is 0 Å². The van der Waals surface area contributed by atoms with Crippen LogP contribution >= 0.6 is 0 Å². The lowest BCUT2D eigenvalue weighted by Crippen LogP contribution is -2.40. The third-order valence-corrected chi connectivity index (χ3v) is 4.06. The van der Waals surface area contributed by atoms with Crippen molar-refractivity contribution in [2.24, 2.45) is 5.41 Å². The number of hydrogen-bond acceptors (Lipinski definition) is 4. The second-order valence-corrected chi connectivity index (χ2v) is 5.40. The van der Waals surface area contributed by atoms with Crippen molar-refractivity contribution in [1.82, 2.24) is 5.32 Å². The molecule has 0 aromatic heterocycles. The molecule has 0 radical (unpaired) electrons. The fourth-order valence-electron chi connectivity index (χ4n) is 2.67. The quantitative estimate of drug-likeness (QED) is 0.867. The van der Waals surface area contributed by atoms with Crippen molar-refractivity contribution in [3.05, 3.63) is 29.8 Å². The Kier molecular flexibility index (Phi) is 4.81. The van der Waals surface area contributed by atoms with E-state index in [2.05, 4.69) is 11.4 Å². The minimum absolute atomic E-state index is 0.106. The molecule has 2 N–H and O–H groups in total. The van der Waals surface area contributed by atoms with Gasteiger partial charge in [0, 0.05) is 6.54 Å². The second kappa shape index (κ2) is 6.59. The molecule has 1 aliphatic rings. The number of aliphatic hydroxyl groups excluding tert-OH is 1. The number of aliphatic hydroxyl groups is 1. The summed E-state index contributed by atoms with van der Waals surface area (Å²) in [5.41, 5.74) is -0.201. The van der Waals surface area contributed by atoms with Gasteiger partial charge in [-0.2, -0.15) is 5.26 Å². The van der Waals surface area contributed by atoms with E-state index in [0.29, 0.717) is 24.2 Å². The SMILES string of the molecule is COc1ccc(C(O)CNC(=O)C2(C#N)CCCC2)cc1. The number of ether oxygens (including phenoxy) is 1. The summed E-state index contributed by atoms with van der Waals surface area (Å²) in [5.74, 6) is 0.444. The summed E-state index contributed by atoms with van der Waals surface area (Å²) in [6, 6.07) is 9.17. The molecule has 1 aliphatic carbocycles. The van der Waals surface area contributed by atoms with Crippen molar-refractivity contribution in [2.75, 3.05) is 13.7 Å². The summed E-state index contributed by atoms with van der Waals surface area (Å²) in [6.45, 7) is 0.106. The molecule has 1 saturated carbocycles. The zero-order chi connectivity index (χ0) is 15.3. The number of carbonyl (C=O) groups is 1. The van der Waals surface area contributed by atoms with Crippen LogP contribution in [0.4, 0.5) is 0 Å². The molecular weight excluding hydrogens is 268 g/mol. The molecule has 0 saturated heterocycles. The van der Waals surface area contributed by atoms with Gasteiger partial charge in [-0.1, -0.05) is 25.0 Å². The van der Waals surface area contributed by atoms with Crippen LogP contribution in [0.5, 0.6) is 5.75 Å². The molecule has 1 atom stereocenters. The van der Waals surface area contributed by atoms with Crippen LogP contribution in [0.3, 0.4) is 0 Å². The number of rotatable bonds is 5. The number of nitrogens with zero attached hydrogens (tertiary/aromatic N) is 1. The van der Waals surface area contributed by atoms with Crippen LogP contribution < -0.4 is 10.1 Å². The van der Waals surface area contributed by atoms with E-state index in [1.807, 2.05) is 0 Å². The largest absolute Gasteiger partial charge is 0.497 e. The maximum Gasteiger partial charge on any atom is 0.240 e. The average Bonchev–Trinajstić information content (AvgIpc) is 3.02. The molecule has 5 nitrogen and oxygen atoms in total. The molecule has 2 rings (SSSR count). The van der Waals surface area contributed by atoms with Crippen molar-refractivity contribution in [3.8, 4) is 11.8 Å². The van der Waals surface area contributed by atoms with Gasteiger partial charge >= 0.3 is 0 Å². The van der Waals surface area contributed by atoms with Crippen LogP contribution in [0.1, 0.15) is 37.4 Å². The van der Waals surface area contributed by atoms with Crippen molar-refractivity contribution in [2.45, 2.75) is 31.8 Å². The Balaban J connectivity index is 1.92. The molecule has 1 unspecified atom stereocenters. The van der Waals surface area contributed by atoms with E-state index >= 15 is 0 Å². The summed E-state index contributed by atoms with van der Waals surface area (Å²) in [6.07, 6.45) is 2.23. The Morgan fingerprint density at radius 3 is 2.57 bits per heavy atom. The number of nitriles is 1. The van der Waals surface area contributed by atoms with E-state index in [-0.39, 0.29) is 12.5 Å². The summed E-state index contributed by atoms with van der Waals surface area (Å²) >= 11 is 0. The number of methoxy groups -OCH3 is 1. The third kappa shape index (κ3) is 3.34. The normalized spacial score (nSPS) is 17.8.